The van der Waals surface area contributed by atoms with Crippen molar-refractivity contribution in [3.8, 4) is 6.07 Å². The van der Waals surface area contributed by atoms with Crippen LogP contribution in [0.4, 0.5) is 0 Å². The Labute approximate surface area is 105 Å². The van der Waals surface area contributed by atoms with E-state index in [-0.39, 0.29) is 5.70 Å². The molecular formula is C15H10N2O. The van der Waals surface area contributed by atoms with E-state index in [2.05, 4.69) is 4.85 Å². The molecule has 0 bridgehead atoms. The summed E-state index contributed by atoms with van der Waals surface area (Å²) in [5.74, 6) is 0.318. The van der Waals surface area contributed by atoms with E-state index in [1.54, 1.807) is 0 Å². The molecule has 0 saturated heterocycles. The van der Waals surface area contributed by atoms with Crippen LogP contribution < -0.4 is 0 Å². The quantitative estimate of drug-likeness (QED) is 0.452. The Kier molecular flexibility index (Phi) is 3.27. The van der Waals surface area contributed by atoms with E-state index in [4.69, 9.17) is 16.6 Å². The number of allylic oxidation sites excluding steroid dienone is 1. The van der Waals surface area contributed by atoms with Crippen molar-refractivity contribution in [2.45, 2.75) is 0 Å². The molecule has 2 aromatic rings. The van der Waals surface area contributed by atoms with Crippen LogP contribution in [0.25, 0.3) is 21.4 Å². The Balaban J connectivity index is 2.65. The molecular weight excluding hydrogens is 224 g/mol. The average molecular weight is 234 g/mol. The van der Waals surface area contributed by atoms with Crippen molar-refractivity contribution >= 4 is 16.5 Å². The van der Waals surface area contributed by atoms with Gasteiger partial charge in [-0.1, -0.05) is 36.4 Å². The molecule has 0 atom stereocenters. The van der Waals surface area contributed by atoms with Gasteiger partial charge in [0.05, 0.1) is 19.8 Å². The van der Waals surface area contributed by atoms with E-state index in [9.17, 15) is 0 Å². The van der Waals surface area contributed by atoms with E-state index in [0.717, 1.165) is 16.3 Å². The molecule has 0 aromatic heterocycles. The van der Waals surface area contributed by atoms with Gasteiger partial charge in [-0.2, -0.15) is 0 Å². The SMILES string of the molecule is [C-]#[N+]/C(C#N)=C(/OC)c1ccc2ccccc2c1. The van der Waals surface area contributed by atoms with Crippen molar-refractivity contribution in [2.24, 2.45) is 0 Å². The first kappa shape index (κ1) is 11.7. The molecule has 3 heteroatoms. The van der Waals surface area contributed by atoms with Gasteiger partial charge < -0.3 is 4.74 Å². The normalized spacial score (nSPS) is 11.3. The summed E-state index contributed by atoms with van der Waals surface area (Å²) in [6.45, 7) is 6.97. The molecule has 18 heavy (non-hydrogen) atoms. The molecule has 0 aliphatic rings. The molecule has 0 radical (unpaired) electrons. The van der Waals surface area contributed by atoms with E-state index in [1.165, 1.54) is 7.11 Å². The first-order chi connectivity index (χ1) is 8.80. The molecule has 0 aliphatic carbocycles. The largest absolute Gasteiger partial charge is 0.506 e. The van der Waals surface area contributed by atoms with E-state index in [1.807, 2.05) is 48.5 Å². The van der Waals surface area contributed by atoms with E-state index in [0.29, 0.717) is 5.76 Å². The maximum Gasteiger partial charge on any atom is 0.303 e. The molecule has 0 fully saturated rings. The lowest BCUT2D eigenvalue weighted by molar-refractivity contribution is 0.368. The number of ether oxygens (including phenoxy) is 1. The highest BCUT2D eigenvalue weighted by Gasteiger charge is 2.10. The van der Waals surface area contributed by atoms with Crippen LogP contribution in [0.5, 0.6) is 0 Å². The van der Waals surface area contributed by atoms with Gasteiger partial charge in [-0.25, -0.2) is 10.1 Å². The maximum absolute atomic E-state index is 8.90. The summed E-state index contributed by atoms with van der Waals surface area (Å²) in [4.78, 5) is 3.18. The predicted octanol–water partition coefficient (Wildman–Crippen LogP) is 3.60. The molecule has 0 aliphatic heterocycles. The number of hydrogen-bond donors (Lipinski definition) is 0. The third kappa shape index (κ3) is 2.03. The number of nitrogens with zero attached hydrogens (tertiary/aromatic N) is 2. The highest BCUT2D eigenvalue weighted by Crippen LogP contribution is 2.24. The molecule has 3 nitrogen and oxygen atoms in total. The van der Waals surface area contributed by atoms with Gasteiger partial charge in [0.15, 0.2) is 0 Å². The summed E-state index contributed by atoms with van der Waals surface area (Å²) in [5, 5.41) is 11.1. The first-order valence-corrected chi connectivity index (χ1v) is 5.35. The van der Waals surface area contributed by atoms with Gasteiger partial charge in [0.25, 0.3) is 0 Å². The number of methoxy groups -OCH3 is 1. The average Bonchev–Trinajstić information content (AvgIpc) is 2.44. The first-order valence-electron chi connectivity index (χ1n) is 5.35. The van der Waals surface area contributed by atoms with Crippen LogP contribution in [0.15, 0.2) is 48.2 Å². The van der Waals surface area contributed by atoms with Gasteiger partial charge in [-0.3, -0.25) is 0 Å². The van der Waals surface area contributed by atoms with Crippen molar-refractivity contribution in [3.05, 3.63) is 65.1 Å². The van der Waals surface area contributed by atoms with Crippen molar-refractivity contribution in [3.63, 3.8) is 0 Å². The highest BCUT2D eigenvalue weighted by molar-refractivity contribution is 5.86. The molecule has 0 unspecified atom stereocenters. The van der Waals surface area contributed by atoms with Gasteiger partial charge in [0.1, 0.15) is 5.76 Å². The fourth-order valence-corrected chi connectivity index (χ4v) is 1.81. The van der Waals surface area contributed by atoms with Crippen LogP contribution in [-0.2, 0) is 4.74 Å². The van der Waals surface area contributed by atoms with Crippen LogP contribution in [0.3, 0.4) is 0 Å². The zero-order valence-electron chi connectivity index (χ0n) is 9.84. The Morgan fingerprint density at radius 3 is 2.56 bits per heavy atom. The monoisotopic (exact) mass is 234 g/mol. The highest BCUT2D eigenvalue weighted by atomic mass is 16.5. The minimum atomic E-state index is -0.0345. The third-order valence-electron chi connectivity index (χ3n) is 2.65. The van der Waals surface area contributed by atoms with Gasteiger partial charge in [0.2, 0.25) is 0 Å². The molecule has 0 spiro atoms. The predicted molar refractivity (Wildman–Crippen MR) is 70.1 cm³/mol. The minimum absolute atomic E-state index is 0.0345. The second kappa shape index (κ2) is 5.03. The smallest absolute Gasteiger partial charge is 0.303 e. The van der Waals surface area contributed by atoms with E-state index < -0.39 is 0 Å². The van der Waals surface area contributed by atoms with Crippen molar-refractivity contribution in [2.75, 3.05) is 7.11 Å². The van der Waals surface area contributed by atoms with Crippen LogP contribution >= 0.6 is 0 Å². The van der Waals surface area contributed by atoms with Gasteiger partial charge in [-0.05, 0) is 16.8 Å². The zero-order chi connectivity index (χ0) is 13.0. The molecule has 0 amide bonds. The van der Waals surface area contributed by atoms with Crippen LogP contribution in [-0.4, -0.2) is 7.11 Å². The lowest BCUT2D eigenvalue weighted by Gasteiger charge is -2.07. The topological polar surface area (TPSA) is 37.4 Å². The van der Waals surface area contributed by atoms with Crippen molar-refractivity contribution in [1.29, 1.82) is 5.26 Å². The molecule has 2 aromatic carbocycles. The molecule has 86 valence electrons. The molecule has 2 rings (SSSR count). The summed E-state index contributed by atoms with van der Waals surface area (Å²) in [6, 6.07) is 15.5. The summed E-state index contributed by atoms with van der Waals surface area (Å²) < 4.78 is 5.17. The van der Waals surface area contributed by atoms with Crippen molar-refractivity contribution in [1.82, 2.24) is 0 Å². The van der Waals surface area contributed by atoms with Crippen LogP contribution in [0.2, 0.25) is 0 Å². The second-order valence-electron chi connectivity index (χ2n) is 3.67. The number of fused-ring (bicyclic) bond motifs is 1. The molecule has 0 heterocycles. The van der Waals surface area contributed by atoms with Crippen LogP contribution in [0, 0.1) is 17.9 Å². The Bertz CT molecular complexity index is 686. The fraction of sp³-hybridized carbons (Fsp3) is 0.0667. The summed E-state index contributed by atoms with van der Waals surface area (Å²) in [5.41, 5.74) is 0.705. The van der Waals surface area contributed by atoms with Gasteiger partial charge in [0, 0.05) is 5.56 Å². The molecule has 0 saturated carbocycles. The van der Waals surface area contributed by atoms with E-state index >= 15 is 0 Å². The minimum Gasteiger partial charge on any atom is -0.506 e. The molecule has 0 N–H and O–H groups in total. The number of hydrogen-bond acceptors (Lipinski definition) is 2. The lowest BCUT2D eigenvalue weighted by atomic mass is 10.1. The van der Waals surface area contributed by atoms with Crippen molar-refractivity contribution < 1.29 is 4.74 Å². The second-order valence-corrected chi connectivity index (χ2v) is 3.67. The lowest BCUT2D eigenvalue weighted by Crippen LogP contribution is -1.91. The Morgan fingerprint density at radius 1 is 1.22 bits per heavy atom. The van der Waals surface area contributed by atoms with Crippen LogP contribution in [0.1, 0.15) is 5.56 Å². The Morgan fingerprint density at radius 2 is 1.94 bits per heavy atom. The number of rotatable bonds is 2. The zero-order valence-corrected chi connectivity index (χ0v) is 9.84. The maximum atomic E-state index is 8.90. The Hall–Kier alpha value is -2.78. The van der Waals surface area contributed by atoms with Gasteiger partial charge >= 0.3 is 5.70 Å². The number of benzene rings is 2. The standard InChI is InChI=1S/C15H10N2O/c1-17-14(10-16)15(18-2)13-8-7-11-5-3-4-6-12(11)9-13/h3-9H,2H3/b15-14+. The fourth-order valence-electron chi connectivity index (χ4n) is 1.81. The van der Waals surface area contributed by atoms with Gasteiger partial charge in [-0.15, -0.1) is 0 Å². The summed E-state index contributed by atoms with van der Waals surface area (Å²) in [6.07, 6.45) is 0. The summed E-state index contributed by atoms with van der Waals surface area (Å²) in [7, 11) is 1.47. The number of nitriles is 1. The summed E-state index contributed by atoms with van der Waals surface area (Å²) >= 11 is 0. The third-order valence-corrected chi connectivity index (χ3v) is 2.65.